The summed E-state index contributed by atoms with van der Waals surface area (Å²) in [4.78, 5) is 0. The van der Waals surface area contributed by atoms with E-state index >= 15 is 0 Å². The van der Waals surface area contributed by atoms with Crippen molar-refractivity contribution >= 4 is 40.3 Å². The fraction of sp³-hybridized carbons (Fsp3) is 0. The lowest BCUT2D eigenvalue weighted by Crippen LogP contribution is -2.15. The Morgan fingerprint density at radius 2 is 1.33 bits per heavy atom. The highest BCUT2D eigenvalue weighted by molar-refractivity contribution is 14.1. The number of rotatable bonds is 3. The highest BCUT2D eigenvalue weighted by Crippen LogP contribution is 2.54. The molecule has 0 N–H and O–H groups in total. The molecule has 0 heterocycles. The second-order valence-corrected chi connectivity index (χ2v) is 8.38. The lowest BCUT2D eigenvalue weighted by atomic mass is 10.4. The van der Waals surface area contributed by atoms with Crippen LogP contribution in [0.3, 0.4) is 0 Å². The third-order valence-corrected chi connectivity index (χ3v) is 7.84. The molecule has 0 aliphatic heterocycles. The topological polar surface area (TPSA) is 17.1 Å². The monoisotopic (exact) mass is 366 g/mol. The van der Waals surface area contributed by atoms with Gasteiger partial charge in [0.2, 0.25) is 0 Å². The molecule has 0 saturated carbocycles. The second kappa shape index (κ2) is 5.71. The van der Waals surface area contributed by atoms with Crippen LogP contribution in [-0.4, -0.2) is 0 Å². The summed E-state index contributed by atoms with van der Waals surface area (Å²) in [5, 5.41) is 1.63. The molecule has 0 fully saturated rings. The van der Waals surface area contributed by atoms with E-state index in [1.807, 2.05) is 60.7 Å². The first-order valence-corrected chi connectivity index (χ1v) is 8.25. The largest absolute Gasteiger partial charge is 0.308 e. The van der Waals surface area contributed by atoms with E-state index in [9.17, 15) is 4.57 Å². The molecule has 0 saturated heterocycles. The van der Waals surface area contributed by atoms with Crippen molar-refractivity contribution in [1.29, 1.82) is 0 Å². The summed E-state index contributed by atoms with van der Waals surface area (Å²) in [7, 11) is -2.79. The van der Waals surface area contributed by atoms with Gasteiger partial charge in [0.1, 0.15) is 0 Å². The van der Waals surface area contributed by atoms with Crippen molar-refractivity contribution in [1.82, 2.24) is 0 Å². The van der Waals surface area contributed by atoms with E-state index in [4.69, 9.17) is 0 Å². The van der Waals surface area contributed by atoms with Gasteiger partial charge in [-0.05, 0) is 22.6 Å². The summed E-state index contributed by atoms with van der Waals surface area (Å²) < 4.78 is 14.1. The van der Waals surface area contributed by atoms with Gasteiger partial charge in [0.05, 0.1) is 3.32 Å². The zero-order valence-corrected chi connectivity index (χ0v) is 12.8. The molecule has 0 unspecified atom stereocenters. The molecule has 1 nitrogen and oxygen atoms in total. The van der Waals surface area contributed by atoms with Gasteiger partial charge in [0.15, 0.2) is 7.14 Å². The Hall–Kier alpha value is -1.08. The van der Waals surface area contributed by atoms with Crippen LogP contribution >= 0.6 is 29.7 Å². The predicted octanol–water partition coefficient (Wildman–Crippen LogP) is 4.06. The fourth-order valence-corrected chi connectivity index (χ4v) is 5.59. The van der Waals surface area contributed by atoms with E-state index in [-0.39, 0.29) is 0 Å². The van der Waals surface area contributed by atoms with Crippen LogP contribution in [0.5, 0.6) is 0 Å². The quantitative estimate of drug-likeness (QED) is 0.455. The minimum Gasteiger partial charge on any atom is -0.308 e. The summed E-state index contributed by atoms with van der Waals surface area (Å²) in [6, 6.07) is 19.0. The minimum atomic E-state index is -2.79. The molecule has 0 aliphatic rings. The SMILES string of the molecule is C=C=C(I)P(=O)(c1ccccc1)c1ccccc1. The number of hydrogen-bond donors (Lipinski definition) is 0. The molecule has 18 heavy (non-hydrogen) atoms. The van der Waals surface area contributed by atoms with Gasteiger partial charge in [-0.15, -0.1) is 5.73 Å². The third kappa shape index (κ3) is 2.37. The first kappa shape index (κ1) is 13.4. The third-order valence-electron chi connectivity index (χ3n) is 2.66. The Kier molecular flexibility index (Phi) is 4.23. The molecule has 3 heteroatoms. The summed E-state index contributed by atoms with van der Waals surface area (Å²) >= 11 is 2.07. The maximum Gasteiger partial charge on any atom is 0.184 e. The molecule has 0 radical (unpaired) electrons. The molecule has 0 aliphatic carbocycles. The Bertz CT molecular complexity index is 585. The Morgan fingerprint density at radius 3 is 1.67 bits per heavy atom. The van der Waals surface area contributed by atoms with Gasteiger partial charge in [0.25, 0.3) is 0 Å². The van der Waals surface area contributed by atoms with Crippen LogP contribution < -0.4 is 10.6 Å². The van der Waals surface area contributed by atoms with Gasteiger partial charge in [-0.1, -0.05) is 67.2 Å². The highest BCUT2D eigenvalue weighted by atomic mass is 127. The second-order valence-electron chi connectivity index (χ2n) is 3.75. The first-order valence-electron chi connectivity index (χ1n) is 5.47. The van der Waals surface area contributed by atoms with Crippen molar-refractivity contribution in [3.05, 3.63) is 76.3 Å². The maximum absolute atomic E-state index is 13.4. The molecular weight excluding hydrogens is 354 g/mol. The van der Waals surface area contributed by atoms with Crippen LogP contribution in [0.2, 0.25) is 0 Å². The van der Waals surface area contributed by atoms with Crippen LogP contribution in [0.25, 0.3) is 0 Å². The highest BCUT2D eigenvalue weighted by Gasteiger charge is 2.30. The predicted molar refractivity (Wildman–Crippen MR) is 86.4 cm³/mol. The van der Waals surface area contributed by atoms with Crippen LogP contribution in [0, 0.1) is 0 Å². The summed E-state index contributed by atoms with van der Waals surface area (Å²) in [5.74, 6) is 0. The number of hydrogen-bond acceptors (Lipinski definition) is 1. The molecule has 2 rings (SSSR count). The zero-order valence-electron chi connectivity index (χ0n) is 9.71. The van der Waals surface area contributed by atoms with Crippen molar-refractivity contribution in [2.24, 2.45) is 0 Å². The molecule has 0 bridgehead atoms. The van der Waals surface area contributed by atoms with Crippen molar-refractivity contribution < 1.29 is 4.57 Å². The van der Waals surface area contributed by atoms with Gasteiger partial charge in [-0.25, -0.2) is 0 Å². The summed E-state index contributed by atoms with van der Waals surface area (Å²) in [6.45, 7) is 3.64. The van der Waals surface area contributed by atoms with E-state index in [1.54, 1.807) is 0 Å². The van der Waals surface area contributed by atoms with Crippen LogP contribution in [0.1, 0.15) is 0 Å². The van der Waals surface area contributed by atoms with Crippen molar-refractivity contribution in [2.75, 3.05) is 0 Å². The molecule has 90 valence electrons. The number of halogens is 1. The maximum atomic E-state index is 13.4. The number of benzene rings is 2. The van der Waals surface area contributed by atoms with Crippen molar-refractivity contribution in [3.63, 3.8) is 0 Å². The van der Waals surface area contributed by atoms with E-state index in [2.05, 4.69) is 34.9 Å². The average Bonchev–Trinajstić information content (AvgIpc) is 2.47. The molecule has 2 aromatic rings. The Balaban J connectivity index is 2.71. The molecule has 0 atom stereocenters. The Labute approximate surface area is 121 Å². The van der Waals surface area contributed by atoms with Crippen LogP contribution in [0.15, 0.2) is 76.3 Å². The van der Waals surface area contributed by atoms with Gasteiger partial charge in [-0.2, -0.15) is 0 Å². The lowest BCUT2D eigenvalue weighted by Gasteiger charge is -2.17. The fourth-order valence-electron chi connectivity index (χ4n) is 1.76. The van der Waals surface area contributed by atoms with Crippen molar-refractivity contribution in [3.8, 4) is 0 Å². The molecule has 0 amide bonds. The average molecular weight is 366 g/mol. The van der Waals surface area contributed by atoms with E-state index in [1.165, 1.54) is 0 Å². The molecule has 0 spiro atoms. The van der Waals surface area contributed by atoms with E-state index in [0.717, 1.165) is 10.6 Å². The van der Waals surface area contributed by atoms with Gasteiger partial charge in [0, 0.05) is 10.6 Å². The van der Waals surface area contributed by atoms with Crippen LogP contribution in [-0.2, 0) is 4.57 Å². The molecular formula is C15H12IOP. The Morgan fingerprint density at radius 1 is 0.944 bits per heavy atom. The van der Waals surface area contributed by atoms with Gasteiger partial charge < -0.3 is 4.57 Å². The van der Waals surface area contributed by atoms with E-state index in [0.29, 0.717) is 3.32 Å². The summed E-state index contributed by atoms with van der Waals surface area (Å²) in [5.41, 5.74) is 2.79. The summed E-state index contributed by atoms with van der Waals surface area (Å²) in [6.07, 6.45) is 0. The van der Waals surface area contributed by atoms with Crippen molar-refractivity contribution in [2.45, 2.75) is 0 Å². The standard InChI is InChI=1S/C15H12IOP/c1-2-15(16)18(17,13-9-5-3-6-10-13)14-11-7-4-8-12-14/h3-12H,1H2. The zero-order chi connectivity index (χ0) is 13.0. The first-order chi connectivity index (χ1) is 8.69. The van der Waals surface area contributed by atoms with Gasteiger partial charge >= 0.3 is 0 Å². The lowest BCUT2D eigenvalue weighted by molar-refractivity contribution is 0.592. The van der Waals surface area contributed by atoms with Gasteiger partial charge in [-0.3, -0.25) is 0 Å². The normalized spacial score (nSPS) is 10.7. The minimum absolute atomic E-state index is 0.664. The van der Waals surface area contributed by atoms with Crippen LogP contribution in [0.4, 0.5) is 0 Å². The molecule has 0 aromatic heterocycles. The van der Waals surface area contributed by atoms with E-state index < -0.39 is 7.14 Å². The smallest absolute Gasteiger partial charge is 0.184 e. The molecule has 2 aromatic carbocycles.